The lowest BCUT2D eigenvalue weighted by atomic mass is 10.2. The third-order valence-electron chi connectivity index (χ3n) is 1.92. The highest BCUT2D eigenvalue weighted by Crippen LogP contribution is 2.29. The summed E-state index contributed by atoms with van der Waals surface area (Å²) >= 11 is 4.53. The lowest BCUT2D eigenvalue weighted by Gasteiger charge is -1.99. The maximum atomic E-state index is 12.0. The van der Waals surface area contributed by atoms with Gasteiger partial charge in [0.15, 0.2) is 4.67 Å². The number of thiophene rings is 1. The zero-order valence-electron chi connectivity index (χ0n) is 7.82. The SMILES string of the molecule is COc1ccsc1C(=O)c1ccoc1Br. The minimum Gasteiger partial charge on any atom is -0.495 e. The minimum atomic E-state index is -0.0949. The van der Waals surface area contributed by atoms with Crippen molar-refractivity contribution in [1.82, 2.24) is 0 Å². The molecule has 0 aliphatic rings. The van der Waals surface area contributed by atoms with Gasteiger partial charge in [0.1, 0.15) is 10.6 Å². The first kappa shape index (κ1) is 10.4. The molecule has 2 aromatic rings. The van der Waals surface area contributed by atoms with E-state index in [-0.39, 0.29) is 5.78 Å². The van der Waals surface area contributed by atoms with E-state index in [0.29, 0.717) is 20.9 Å². The zero-order chi connectivity index (χ0) is 10.8. The van der Waals surface area contributed by atoms with Gasteiger partial charge in [-0.05, 0) is 33.4 Å². The van der Waals surface area contributed by atoms with E-state index < -0.39 is 0 Å². The number of hydrogen-bond acceptors (Lipinski definition) is 4. The lowest BCUT2D eigenvalue weighted by molar-refractivity contribution is 0.103. The number of ether oxygens (including phenoxy) is 1. The zero-order valence-corrected chi connectivity index (χ0v) is 10.2. The standard InChI is InChI=1S/C10H7BrO3S/c1-13-7-3-5-15-9(7)8(12)6-2-4-14-10(6)11/h2-5H,1H3. The summed E-state index contributed by atoms with van der Waals surface area (Å²) in [6.07, 6.45) is 1.47. The van der Waals surface area contributed by atoms with Crippen molar-refractivity contribution in [3.8, 4) is 5.75 Å². The summed E-state index contributed by atoms with van der Waals surface area (Å²) in [4.78, 5) is 12.6. The third-order valence-corrected chi connectivity index (χ3v) is 3.43. The largest absolute Gasteiger partial charge is 0.495 e. The number of methoxy groups -OCH3 is 1. The molecule has 0 unspecified atom stereocenters. The number of carbonyl (C=O) groups is 1. The first-order valence-corrected chi connectivity index (χ1v) is 5.80. The Kier molecular flexibility index (Phi) is 2.93. The molecule has 0 fully saturated rings. The number of furan rings is 1. The van der Waals surface area contributed by atoms with Crippen molar-refractivity contribution in [1.29, 1.82) is 0 Å². The van der Waals surface area contributed by atoms with Crippen LogP contribution in [-0.4, -0.2) is 12.9 Å². The molecule has 2 heterocycles. The molecule has 0 aliphatic heterocycles. The number of carbonyl (C=O) groups excluding carboxylic acids is 1. The molecule has 0 radical (unpaired) electrons. The molecule has 0 atom stereocenters. The highest BCUT2D eigenvalue weighted by molar-refractivity contribution is 9.10. The highest BCUT2D eigenvalue weighted by atomic mass is 79.9. The predicted octanol–water partition coefficient (Wildman–Crippen LogP) is 3.34. The van der Waals surface area contributed by atoms with Crippen molar-refractivity contribution in [2.75, 3.05) is 7.11 Å². The summed E-state index contributed by atoms with van der Waals surface area (Å²) < 4.78 is 10.6. The molecule has 5 heteroatoms. The Morgan fingerprint density at radius 1 is 1.53 bits per heavy atom. The van der Waals surface area contributed by atoms with Crippen molar-refractivity contribution in [3.05, 3.63) is 38.9 Å². The molecular formula is C10H7BrO3S. The number of halogens is 1. The van der Waals surface area contributed by atoms with E-state index in [1.807, 2.05) is 5.38 Å². The Balaban J connectivity index is 2.41. The highest BCUT2D eigenvalue weighted by Gasteiger charge is 2.19. The third kappa shape index (κ3) is 1.85. The molecule has 78 valence electrons. The van der Waals surface area contributed by atoms with E-state index in [0.717, 1.165) is 0 Å². The fourth-order valence-electron chi connectivity index (χ4n) is 1.20. The molecule has 0 aromatic carbocycles. The molecule has 0 N–H and O–H groups in total. The average molecular weight is 287 g/mol. The summed E-state index contributed by atoms with van der Waals surface area (Å²) in [6.45, 7) is 0. The van der Waals surface area contributed by atoms with Crippen molar-refractivity contribution in [2.45, 2.75) is 0 Å². The predicted molar refractivity (Wildman–Crippen MR) is 60.7 cm³/mol. The first-order valence-electron chi connectivity index (χ1n) is 4.13. The van der Waals surface area contributed by atoms with Crippen LogP contribution in [0.4, 0.5) is 0 Å². The molecule has 2 rings (SSSR count). The Labute approximate surface area is 98.8 Å². The number of ketones is 1. The fraction of sp³-hybridized carbons (Fsp3) is 0.100. The fourth-order valence-corrected chi connectivity index (χ4v) is 2.43. The van der Waals surface area contributed by atoms with Crippen LogP contribution in [0.15, 0.2) is 32.9 Å². The molecule has 0 spiro atoms. The average Bonchev–Trinajstić information content (AvgIpc) is 2.84. The van der Waals surface area contributed by atoms with Gasteiger partial charge in [-0.3, -0.25) is 4.79 Å². The Morgan fingerprint density at radius 3 is 2.93 bits per heavy atom. The van der Waals surface area contributed by atoms with E-state index in [9.17, 15) is 4.79 Å². The normalized spacial score (nSPS) is 10.3. The van der Waals surface area contributed by atoms with Gasteiger partial charge in [0.25, 0.3) is 0 Å². The number of hydrogen-bond donors (Lipinski definition) is 0. The Hall–Kier alpha value is -1.07. The molecule has 0 bridgehead atoms. The van der Waals surface area contributed by atoms with Crippen LogP contribution in [0.1, 0.15) is 15.2 Å². The minimum absolute atomic E-state index is 0.0949. The van der Waals surface area contributed by atoms with Crippen molar-refractivity contribution < 1.29 is 13.9 Å². The van der Waals surface area contributed by atoms with Gasteiger partial charge in [0.2, 0.25) is 5.78 Å². The molecule has 0 saturated carbocycles. The second kappa shape index (κ2) is 4.20. The molecule has 15 heavy (non-hydrogen) atoms. The van der Waals surface area contributed by atoms with Gasteiger partial charge >= 0.3 is 0 Å². The summed E-state index contributed by atoms with van der Waals surface area (Å²) in [6, 6.07) is 3.40. The van der Waals surface area contributed by atoms with Gasteiger partial charge in [-0.2, -0.15) is 0 Å². The van der Waals surface area contributed by atoms with Crippen molar-refractivity contribution >= 4 is 33.0 Å². The summed E-state index contributed by atoms with van der Waals surface area (Å²) in [5.41, 5.74) is 0.510. The van der Waals surface area contributed by atoms with E-state index in [1.54, 1.807) is 19.2 Å². The van der Waals surface area contributed by atoms with Gasteiger partial charge < -0.3 is 9.15 Å². The van der Waals surface area contributed by atoms with Crippen LogP contribution in [0.2, 0.25) is 0 Å². The second-order valence-electron chi connectivity index (χ2n) is 2.76. The monoisotopic (exact) mass is 286 g/mol. The van der Waals surface area contributed by atoms with E-state index in [1.165, 1.54) is 17.6 Å². The van der Waals surface area contributed by atoms with Gasteiger partial charge in [-0.25, -0.2) is 0 Å². The van der Waals surface area contributed by atoms with Crippen LogP contribution >= 0.6 is 27.3 Å². The smallest absolute Gasteiger partial charge is 0.211 e. The quantitative estimate of drug-likeness (QED) is 0.813. The second-order valence-corrected chi connectivity index (χ2v) is 4.39. The first-order chi connectivity index (χ1) is 7.24. The van der Waals surface area contributed by atoms with E-state index in [2.05, 4.69) is 15.9 Å². The summed E-state index contributed by atoms with van der Waals surface area (Å²) in [5.74, 6) is 0.501. The molecule has 0 amide bonds. The van der Waals surface area contributed by atoms with Crippen LogP contribution in [0.3, 0.4) is 0 Å². The number of rotatable bonds is 3. The molecule has 2 aromatic heterocycles. The molecule has 0 aliphatic carbocycles. The Bertz CT molecular complexity index is 486. The summed E-state index contributed by atoms with van der Waals surface area (Å²) in [7, 11) is 1.54. The van der Waals surface area contributed by atoms with Crippen molar-refractivity contribution in [2.24, 2.45) is 0 Å². The topological polar surface area (TPSA) is 39.4 Å². The maximum absolute atomic E-state index is 12.0. The summed E-state index contributed by atoms with van der Waals surface area (Å²) in [5, 5.41) is 1.82. The molecule has 0 saturated heterocycles. The molecular weight excluding hydrogens is 280 g/mol. The van der Waals surface area contributed by atoms with Gasteiger partial charge in [-0.15, -0.1) is 11.3 Å². The van der Waals surface area contributed by atoms with Crippen LogP contribution in [0.5, 0.6) is 5.75 Å². The van der Waals surface area contributed by atoms with Crippen molar-refractivity contribution in [3.63, 3.8) is 0 Å². The van der Waals surface area contributed by atoms with Gasteiger partial charge in [0, 0.05) is 0 Å². The lowest BCUT2D eigenvalue weighted by Crippen LogP contribution is -1.99. The van der Waals surface area contributed by atoms with E-state index >= 15 is 0 Å². The van der Waals surface area contributed by atoms with Gasteiger partial charge in [0.05, 0.1) is 18.9 Å². The van der Waals surface area contributed by atoms with E-state index in [4.69, 9.17) is 9.15 Å². The van der Waals surface area contributed by atoms with Crippen LogP contribution < -0.4 is 4.74 Å². The Morgan fingerprint density at radius 2 is 2.33 bits per heavy atom. The maximum Gasteiger partial charge on any atom is 0.211 e. The van der Waals surface area contributed by atoms with Crippen LogP contribution in [0.25, 0.3) is 0 Å². The molecule has 3 nitrogen and oxygen atoms in total. The van der Waals surface area contributed by atoms with Crippen LogP contribution in [-0.2, 0) is 0 Å². The van der Waals surface area contributed by atoms with Gasteiger partial charge in [-0.1, -0.05) is 0 Å². The van der Waals surface area contributed by atoms with Crippen LogP contribution in [0, 0.1) is 0 Å².